The molecule has 0 fully saturated rings. The SMILES string of the molecule is CCCC[C@H](N)C(=O)Nc1ccc(F)c(C(N)=O)c1. The van der Waals surface area contributed by atoms with Gasteiger partial charge in [0.05, 0.1) is 11.6 Å². The molecule has 1 atom stereocenters. The summed E-state index contributed by atoms with van der Waals surface area (Å²) in [6.07, 6.45) is 2.38. The standard InChI is InChI=1S/C13H18FN3O2/c1-2-3-4-11(15)13(19)17-8-5-6-10(14)9(7-8)12(16)18/h5-7,11H,2-4,15H2,1H3,(H2,16,18)(H,17,19)/t11-/m0/s1. The Kier molecular flexibility index (Phi) is 5.44. The van der Waals surface area contributed by atoms with Gasteiger partial charge >= 0.3 is 0 Å². The van der Waals surface area contributed by atoms with Crippen LogP contribution >= 0.6 is 0 Å². The van der Waals surface area contributed by atoms with Crippen molar-refractivity contribution < 1.29 is 14.0 Å². The molecule has 1 rings (SSSR count). The zero-order valence-corrected chi connectivity index (χ0v) is 10.8. The molecule has 1 aromatic rings. The summed E-state index contributed by atoms with van der Waals surface area (Å²) < 4.78 is 13.2. The van der Waals surface area contributed by atoms with Crippen molar-refractivity contribution in [2.24, 2.45) is 11.5 Å². The number of carbonyl (C=O) groups is 2. The van der Waals surface area contributed by atoms with Crippen LogP contribution in [0.4, 0.5) is 10.1 Å². The first-order valence-electron chi connectivity index (χ1n) is 6.11. The van der Waals surface area contributed by atoms with Crippen LogP contribution in [0.5, 0.6) is 0 Å². The number of halogens is 1. The monoisotopic (exact) mass is 267 g/mol. The van der Waals surface area contributed by atoms with Crippen molar-refractivity contribution in [3.8, 4) is 0 Å². The van der Waals surface area contributed by atoms with E-state index in [1.165, 1.54) is 12.1 Å². The van der Waals surface area contributed by atoms with Crippen LogP contribution in [0.2, 0.25) is 0 Å². The Labute approximate surface area is 111 Å². The molecule has 6 heteroatoms. The van der Waals surface area contributed by atoms with Gasteiger partial charge in [0.15, 0.2) is 0 Å². The molecule has 0 saturated heterocycles. The summed E-state index contributed by atoms with van der Waals surface area (Å²) in [5.74, 6) is -1.97. The predicted octanol–water partition coefficient (Wildman–Crippen LogP) is 1.38. The second-order valence-electron chi connectivity index (χ2n) is 4.30. The summed E-state index contributed by atoms with van der Waals surface area (Å²) in [7, 11) is 0. The van der Waals surface area contributed by atoms with Gasteiger partial charge in [-0.3, -0.25) is 9.59 Å². The van der Waals surface area contributed by atoms with E-state index < -0.39 is 17.8 Å². The Morgan fingerprint density at radius 3 is 2.68 bits per heavy atom. The lowest BCUT2D eigenvalue weighted by Gasteiger charge is -2.12. The number of carbonyl (C=O) groups excluding carboxylic acids is 2. The van der Waals surface area contributed by atoms with Crippen LogP contribution in [-0.2, 0) is 4.79 Å². The minimum Gasteiger partial charge on any atom is -0.366 e. The topological polar surface area (TPSA) is 98.2 Å². The number of primary amides is 1. The maximum atomic E-state index is 13.2. The number of nitrogens with two attached hydrogens (primary N) is 2. The molecule has 0 aromatic heterocycles. The van der Waals surface area contributed by atoms with E-state index >= 15 is 0 Å². The van der Waals surface area contributed by atoms with E-state index in [2.05, 4.69) is 5.32 Å². The Balaban J connectivity index is 2.74. The highest BCUT2D eigenvalue weighted by atomic mass is 19.1. The quantitative estimate of drug-likeness (QED) is 0.726. The fourth-order valence-electron chi connectivity index (χ4n) is 1.58. The minimum atomic E-state index is -0.885. The number of unbranched alkanes of at least 4 members (excludes halogenated alkanes) is 1. The third kappa shape index (κ3) is 4.33. The van der Waals surface area contributed by atoms with Crippen LogP contribution < -0.4 is 16.8 Å². The van der Waals surface area contributed by atoms with E-state index in [-0.39, 0.29) is 11.5 Å². The van der Waals surface area contributed by atoms with Crippen LogP contribution in [0.15, 0.2) is 18.2 Å². The lowest BCUT2D eigenvalue weighted by molar-refractivity contribution is -0.117. The molecule has 0 unspecified atom stereocenters. The van der Waals surface area contributed by atoms with Gasteiger partial charge in [-0.05, 0) is 24.6 Å². The Morgan fingerprint density at radius 2 is 2.11 bits per heavy atom. The maximum absolute atomic E-state index is 13.2. The van der Waals surface area contributed by atoms with Crippen molar-refractivity contribution in [3.05, 3.63) is 29.6 Å². The fourth-order valence-corrected chi connectivity index (χ4v) is 1.58. The molecule has 0 spiro atoms. The van der Waals surface area contributed by atoms with Crippen molar-refractivity contribution in [3.63, 3.8) is 0 Å². The largest absolute Gasteiger partial charge is 0.366 e. The number of benzene rings is 1. The summed E-state index contributed by atoms with van der Waals surface area (Å²) in [6.45, 7) is 2.00. The molecule has 0 aliphatic heterocycles. The highest BCUT2D eigenvalue weighted by molar-refractivity contribution is 5.98. The molecule has 0 radical (unpaired) electrons. The number of amides is 2. The van der Waals surface area contributed by atoms with Gasteiger partial charge in [0.2, 0.25) is 5.91 Å². The van der Waals surface area contributed by atoms with Crippen LogP contribution in [0.3, 0.4) is 0 Å². The summed E-state index contributed by atoms with van der Waals surface area (Å²) in [4.78, 5) is 22.7. The van der Waals surface area contributed by atoms with E-state index in [0.29, 0.717) is 12.1 Å². The summed E-state index contributed by atoms with van der Waals surface area (Å²) in [6, 6.07) is 3.00. The molecule has 0 saturated carbocycles. The van der Waals surface area contributed by atoms with Gasteiger partial charge < -0.3 is 16.8 Å². The molecule has 2 amide bonds. The summed E-state index contributed by atoms with van der Waals surface area (Å²) in [5, 5.41) is 2.53. The van der Waals surface area contributed by atoms with Gasteiger partial charge in [0.1, 0.15) is 5.82 Å². The van der Waals surface area contributed by atoms with Crippen molar-refractivity contribution in [2.75, 3.05) is 5.32 Å². The molecule has 1 aromatic carbocycles. The minimum absolute atomic E-state index is 0.264. The van der Waals surface area contributed by atoms with E-state index in [9.17, 15) is 14.0 Å². The molecule has 5 N–H and O–H groups in total. The Morgan fingerprint density at radius 1 is 1.42 bits per heavy atom. The lowest BCUT2D eigenvalue weighted by Crippen LogP contribution is -2.35. The van der Waals surface area contributed by atoms with Crippen molar-refractivity contribution in [1.82, 2.24) is 0 Å². The first-order valence-corrected chi connectivity index (χ1v) is 6.11. The third-order valence-electron chi connectivity index (χ3n) is 2.70. The summed E-state index contributed by atoms with van der Waals surface area (Å²) >= 11 is 0. The predicted molar refractivity (Wildman–Crippen MR) is 71.0 cm³/mol. The first kappa shape index (κ1) is 15.1. The lowest BCUT2D eigenvalue weighted by atomic mass is 10.1. The van der Waals surface area contributed by atoms with Gasteiger partial charge in [-0.1, -0.05) is 19.8 Å². The van der Waals surface area contributed by atoms with E-state index in [4.69, 9.17) is 11.5 Å². The number of hydrogen-bond acceptors (Lipinski definition) is 3. The van der Waals surface area contributed by atoms with Crippen molar-refractivity contribution in [2.45, 2.75) is 32.2 Å². The molecular formula is C13H18FN3O2. The fraction of sp³-hybridized carbons (Fsp3) is 0.385. The molecule has 5 nitrogen and oxygen atoms in total. The molecule has 0 aliphatic carbocycles. The molecule has 19 heavy (non-hydrogen) atoms. The third-order valence-corrected chi connectivity index (χ3v) is 2.70. The van der Waals surface area contributed by atoms with E-state index in [1.54, 1.807) is 0 Å². The number of nitrogens with one attached hydrogen (secondary N) is 1. The average molecular weight is 267 g/mol. The number of anilines is 1. The van der Waals surface area contributed by atoms with Gasteiger partial charge in [0, 0.05) is 5.69 Å². The number of hydrogen-bond donors (Lipinski definition) is 3. The molecule has 0 heterocycles. The van der Waals surface area contributed by atoms with E-state index in [0.717, 1.165) is 18.9 Å². The van der Waals surface area contributed by atoms with Crippen molar-refractivity contribution in [1.29, 1.82) is 0 Å². The normalized spacial score (nSPS) is 11.9. The number of rotatable bonds is 6. The first-order chi connectivity index (χ1) is 8.95. The molecule has 0 aliphatic rings. The van der Waals surface area contributed by atoms with Crippen LogP contribution in [0, 0.1) is 5.82 Å². The van der Waals surface area contributed by atoms with Crippen LogP contribution in [0.1, 0.15) is 36.5 Å². The highest BCUT2D eigenvalue weighted by Gasteiger charge is 2.15. The summed E-state index contributed by atoms with van der Waals surface area (Å²) in [5.41, 5.74) is 10.8. The van der Waals surface area contributed by atoms with Crippen LogP contribution in [0.25, 0.3) is 0 Å². The smallest absolute Gasteiger partial charge is 0.251 e. The molecule has 104 valence electrons. The van der Waals surface area contributed by atoms with Crippen molar-refractivity contribution >= 4 is 17.5 Å². The second-order valence-corrected chi connectivity index (χ2v) is 4.30. The van der Waals surface area contributed by atoms with E-state index in [1.807, 2.05) is 6.92 Å². The van der Waals surface area contributed by atoms with Gasteiger partial charge in [0.25, 0.3) is 5.91 Å². The van der Waals surface area contributed by atoms with Crippen LogP contribution in [-0.4, -0.2) is 17.9 Å². The molecular weight excluding hydrogens is 249 g/mol. The maximum Gasteiger partial charge on any atom is 0.251 e. The van der Waals surface area contributed by atoms with Gasteiger partial charge in [-0.25, -0.2) is 4.39 Å². The average Bonchev–Trinajstić information content (AvgIpc) is 2.37. The second kappa shape index (κ2) is 6.84. The Hall–Kier alpha value is -1.95. The highest BCUT2D eigenvalue weighted by Crippen LogP contribution is 2.15. The van der Waals surface area contributed by atoms with Gasteiger partial charge in [-0.2, -0.15) is 0 Å². The molecule has 0 bridgehead atoms. The van der Waals surface area contributed by atoms with Gasteiger partial charge in [-0.15, -0.1) is 0 Å². The zero-order chi connectivity index (χ0) is 14.4. The zero-order valence-electron chi connectivity index (χ0n) is 10.8. The Bertz CT molecular complexity index is 477.